The molecule has 0 radical (unpaired) electrons. The van der Waals surface area contributed by atoms with Crippen LogP contribution in [0.15, 0.2) is 6.33 Å². The van der Waals surface area contributed by atoms with Gasteiger partial charge in [-0.2, -0.15) is 5.10 Å². The number of hydrogen-bond acceptors (Lipinski definition) is 4. The maximum atomic E-state index is 9.44. The van der Waals surface area contributed by atoms with Crippen molar-refractivity contribution >= 4 is 0 Å². The molecule has 1 heterocycles. The zero-order valence-corrected chi connectivity index (χ0v) is 10.3. The Bertz CT molecular complexity index is 274. The van der Waals surface area contributed by atoms with E-state index in [0.29, 0.717) is 0 Å². The largest absolute Gasteiger partial charge is 0.396 e. The van der Waals surface area contributed by atoms with E-state index in [0.717, 1.165) is 25.2 Å². The van der Waals surface area contributed by atoms with E-state index in [-0.39, 0.29) is 18.1 Å². The minimum atomic E-state index is -0.0196. The molecule has 0 bridgehead atoms. The van der Waals surface area contributed by atoms with Crippen LogP contribution in [0.25, 0.3) is 0 Å². The molecule has 1 aromatic heterocycles. The first-order valence-electron chi connectivity index (χ1n) is 5.87. The summed E-state index contributed by atoms with van der Waals surface area (Å²) >= 11 is 0. The summed E-state index contributed by atoms with van der Waals surface area (Å²) in [6.45, 7) is 7.27. The molecule has 1 atom stereocenters. The van der Waals surface area contributed by atoms with Crippen molar-refractivity contribution < 1.29 is 5.11 Å². The van der Waals surface area contributed by atoms with Gasteiger partial charge in [-0.1, -0.05) is 13.8 Å². The minimum absolute atomic E-state index is 0.0196. The van der Waals surface area contributed by atoms with Crippen LogP contribution in [0.4, 0.5) is 0 Å². The van der Waals surface area contributed by atoms with Crippen molar-refractivity contribution in [1.82, 2.24) is 20.5 Å². The van der Waals surface area contributed by atoms with Gasteiger partial charge in [0.25, 0.3) is 0 Å². The van der Waals surface area contributed by atoms with Crippen LogP contribution in [0, 0.1) is 5.41 Å². The Morgan fingerprint density at radius 3 is 2.62 bits per heavy atom. The first-order chi connectivity index (χ1) is 7.67. The van der Waals surface area contributed by atoms with E-state index < -0.39 is 0 Å². The molecular weight excluding hydrogens is 204 g/mol. The number of aromatic nitrogens is 3. The fourth-order valence-corrected chi connectivity index (χ4v) is 1.67. The molecule has 0 aliphatic rings. The molecule has 1 aromatic rings. The van der Waals surface area contributed by atoms with Crippen molar-refractivity contribution in [2.45, 2.75) is 39.7 Å². The Morgan fingerprint density at radius 2 is 2.19 bits per heavy atom. The number of aromatic amines is 1. The maximum absolute atomic E-state index is 9.44. The summed E-state index contributed by atoms with van der Waals surface area (Å²) in [6, 6.07) is 0.131. The number of nitrogens with zero attached hydrogens (tertiary/aromatic N) is 2. The smallest absolute Gasteiger partial charge is 0.141 e. The van der Waals surface area contributed by atoms with E-state index >= 15 is 0 Å². The lowest BCUT2D eigenvalue weighted by molar-refractivity contribution is 0.110. The molecule has 0 aliphatic carbocycles. The van der Waals surface area contributed by atoms with E-state index in [2.05, 4.69) is 34.3 Å². The summed E-state index contributed by atoms with van der Waals surface area (Å²) in [5, 5.41) is 19.5. The van der Waals surface area contributed by atoms with Crippen molar-refractivity contribution in [3.05, 3.63) is 12.2 Å². The molecule has 0 aliphatic heterocycles. The van der Waals surface area contributed by atoms with Gasteiger partial charge in [0.05, 0.1) is 6.04 Å². The molecule has 3 N–H and O–H groups in total. The summed E-state index contributed by atoms with van der Waals surface area (Å²) in [4.78, 5) is 4.10. The van der Waals surface area contributed by atoms with Crippen LogP contribution in [-0.4, -0.2) is 33.4 Å². The normalized spacial score (nSPS) is 14.0. The molecule has 0 aromatic carbocycles. The summed E-state index contributed by atoms with van der Waals surface area (Å²) in [7, 11) is 0. The highest BCUT2D eigenvalue weighted by Gasteiger charge is 2.25. The van der Waals surface area contributed by atoms with Crippen LogP contribution in [0.5, 0.6) is 0 Å². The molecule has 5 nitrogen and oxygen atoms in total. The fraction of sp³-hybridized carbons (Fsp3) is 0.818. The molecule has 0 spiro atoms. The van der Waals surface area contributed by atoms with Gasteiger partial charge < -0.3 is 10.4 Å². The Labute approximate surface area is 96.7 Å². The number of rotatable bonds is 7. The van der Waals surface area contributed by atoms with Gasteiger partial charge in [-0.05, 0) is 19.8 Å². The lowest BCUT2D eigenvalue weighted by Gasteiger charge is -2.30. The monoisotopic (exact) mass is 226 g/mol. The van der Waals surface area contributed by atoms with Crippen molar-refractivity contribution in [1.29, 1.82) is 0 Å². The van der Waals surface area contributed by atoms with Gasteiger partial charge >= 0.3 is 0 Å². The average molecular weight is 226 g/mol. The van der Waals surface area contributed by atoms with Crippen molar-refractivity contribution in [3.8, 4) is 0 Å². The van der Waals surface area contributed by atoms with Gasteiger partial charge in [0.1, 0.15) is 12.2 Å². The van der Waals surface area contributed by atoms with Gasteiger partial charge in [0.2, 0.25) is 0 Å². The van der Waals surface area contributed by atoms with E-state index in [9.17, 15) is 5.11 Å². The quantitative estimate of drug-likeness (QED) is 0.654. The number of nitrogens with one attached hydrogen (secondary N) is 2. The van der Waals surface area contributed by atoms with Crippen molar-refractivity contribution in [2.75, 3.05) is 13.2 Å². The SMILES string of the molecule is CCC(CC)(CO)CNC(C)c1ncn[nH]1. The van der Waals surface area contributed by atoms with Crippen LogP contribution in [0.2, 0.25) is 0 Å². The van der Waals surface area contributed by atoms with Gasteiger partial charge in [0.15, 0.2) is 0 Å². The standard InChI is InChI=1S/C11H22N4O/c1-4-11(5-2,7-16)6-12-9(3)10-13-8-14-15-10/h8-9,12,16H,4-7H2,1-3H3,(H,13,14,15). The van der Waals surface area contributed by atoms with E-state index in [4.69, 9.17) is 0 Å². The second-order valence-electron chi connectivity index (χ2n) is 4.34. The van der Waals surface area contributed by atoms with Gasteiger partial charge in [0, 0.05) is 18.6 Å². The summed E-state index contributed by atoms with van der Waals surface area (Å²) in [5.41, 5.74) is -0.0196. The predicted molar refractivity (Wildman–Crippen MR) is 62.9 cm³/mol. The van der Waals surface area contributed by atoms with E-state index in [1.807, 2.05) is 6.92 Å². The summed E-state index contributed by atoms with van der Waals surface area (Å²) in [6.07, 6.45) is 3.44. The topological polar surface area (TPSA) is 73.8 Å². The number of aliphatic hydroxyl groups excluding tert-OH is 1. The number of hydrogen-bond donors (Lipinski definition) is 3. The summed E-state index contributed by atoms with van der Waals surface area (Å²) < 4.78 is 0. The molecular formula is C11H22N4O. The molecule has 0 saturated heterocycles. The third kappa shape index (κ3) is 3.02. The third-order valence-electron chi connectivity index (χ3n) is 3.46. The van der Waals surface area contributed by atoms with E-state index in [1.54, 1.807) is 0 Å². The van der Waals surface area contributed by atoms with Crippen LogP contribution < -0.4 is 5.32 Å². The number of aliphatic hydroxyl groups is 1. The lowest BCUT2D eigenvalue weighted by Crippen LogP contribution is -2.37. The van der Waals surface area contributed by atoms with Gasteiger partial charge in [-0.25, -0.2) is 4.98 Å². The average Bonchev–Trinajstić information content (AvgIpc) is 2.85. The van der Waals surface area contributed by atoms with Crippen molar-refractivity contribution in [2.24, 2.45) is 5.41 Å². The molecule has 1 unspecified atom stereocenters. The first-order valence-corrected chi connectivity index (χ1v) is 5.87. The molecule has 16 heavy (non-hydrogen) atoms. The Hall–Kier alpha value is -0.940. The van der Waals surface area contributed by atoms with Crippen LogP contribution in [0.3, 0.4) is 0 Å². The predicted octanol–water partition coefficient (Wildman–Crippen LogP) is 1.25. The fourth-order valence-electron chi connectivity index (χ4n) is 1.67. The second-order valence-corrected chi connectivity index (χ2v) is 4.34. The number of H-pyrrole nitrogens is 1. The summed E-state index contributed by atoms with van der Waals surface area (Å²) in [5.74, 6) is 0.832. The Kier molecular flexibility index (Phi) is 4.89. The third-order valence-corrected chi connectivity index (χ3v) is 3.46. The molecule has 0 fully saturated rings. The maximum Gasteiger partial charge on any atom is 0.141 e. The highest BCUT2D eigenvalue weighted by atomic mass is 16.3. The zero-order chi connectivity index (χ0) is 12.0. The molecule has 0 amide bonds. The Balaban J connectivity index is 2.49. The van der Waals surface area contributed by atoms with Crippen molar-refractivity contribution in [3.63, 3.8) is 0 Å². The van der Waals surface area contributed by atoms with Gasteiger partial charge in [-0.3, -0.25) is 5.10 Å². The van der Waals surface area contributed by atoms with Crippen LogP contribution in [-0.2, 0) is 0 Å². The first kappa shape index (κ1) is 13.1. The van der Waals surface area contributed by atoms with Gasteiger partial charge in [-0.15, -0.1) is 0 Å². The molecule has 5 heteroatoms. The highest BCUT2D eigenvalue weighted by Crippen LogP contribution is 2.25. The highest BCUT2D eigenvalue weighted by molar-refractivity contribution is 4.90. The van der Waals surface area contributed by atoms with E-state index in [1.165, 1.54) is 6.33 Å². The van der Waals surface area contributed by atoms with Crippen LogP contribution in [0.1, 0.15) is 45.5 Å². The zero-order valence-electron chi connectivity index (χ0n) is 10.3. The minimum Gasteiger partial charge on any atom is -0.396 e. The van der Waals surface area contributed by atoms with Crippen LogP contribution >= 0.6 is 0 Å². The molecule has 0 saturated carbocycles. The Morgan fingerprint density at radius 1 is 1.50 bits per heavy atom. The molecule has 1 rings (SSSR count). The molecule has 92 valence electrons. The second kappa shape index (κ2) is 5.96. The lowest BCUT2D eigenvalue weighted by atomic mass is 9.83.